The van der Waals surface area contributed by atoms with Crippen LogP contribution in [0.25, 0.3) is 0 Å². The Balaban J connectivity index is 2.19. The molecular formula is C15H15BrClNOS. The van der Waals surface area contributed by atoms with Crippen LogP contribution in [-0.2, 0) is 0 Å². The van der Waals surface area contributed by atoms with Crippen LogP contribution in [0.4, 0.5) is 0 Å². The summed E-state index contributed by atoms with van der Waals surface area (Å²) in [6.45, 7) is 4.00. The smallest absolute Gasteiger partial charge is 0.264 e. The Hall–Kier alpha value is -0.840. The number of nitrogens with zero attached hydrogens (tertiary/aromatic N) is 1. The van der Waals surface area contributed by atoms with E-state index in [9.17, 15) is 4.79 Å². The predicted octanol–water partition coefficient (Wildman–Crippen LogP) is 5.31. The minimum atomic E-state index is 0.000878. The third kappa shape index (κ3) is 3.25. The third-order valence-electron chi connectivity index (χ3n) is 3.32. The van der Waals surface area contributed by atoms with E-state index < -0.39 is 0 Å². The molecule has 0 aliphatic heterocycles. The first kappa shape index (κ1) is 15.5. The van der Waals surface area contributed by atoms with Gasteiger partial charge >= 0.3 is 0 Å². The van der Waals surface area contributed by atoms with E-state index in [-0.39, 0.29) is 11.9 Å². The number of thiophene rings is 1. The molecule has 1 aromatic heterocycles. The molecule has 2 aromatic rings. The molecule has 2 nitrogen and oxygen atoms in total. The van der Waals surface area contributed by atoms with Crippen molar-refractivity contribution in [3.63, 3.8) is 0 Å². The predicted molar refractivity (Wildman–Crippen MR) is 88.7 cm³/mol. The fourth-order valence-electron chi connectivity index (χ4n) is 1.88. The van der Waals surface area contributed by atoms with Crippen molar-refractivity contribution in [1.82, 2.24) is 4.90 Å². The van der Waals surface area contributed by atoms with Crippen molar-refractivity contribution in [2.45, 2.75) is 19.9 Å². The second-order valence-corrected chi connectivity index (χ2v) is 7.52. The average Bonchev–Trinajstić information content (AvgIpc) is 2.77. The van der Waals surface area contributed by atoms with Gasteiger partial charge in [-0.1, -0.05) is 23.7 Å². The fraction of sp³-hybridized carbons (Fsp3) is 0.267. The molecule has 1 unspecified atom stereocenters. The van der Waals surface area contributed by atoms with Crippen molar-refractivity contribution in [2.75, 3.05) is 7.05 Å². The highest BCUT2D eigenvalue weighted by Gasteiger charge is 2.21. The van der Waals surface area contributed by atoms with E-state index in [2.05, 4.69) is 15.9 Å². The number of hydrogen-bond acceptors (Lipinski definition) is 2. The lowest BCUT2D eigenvalue weighted by Crippen LogP contribution is -2.29. The maximum absolute atomic E-state index is 12.5. The molecule has 0 fully saturated rings. The van der Waals surface area contributed by atoms with Gasteiger partial charge in [0.15, 0.2) is 0 Å². The summed E-state index contributed by atoms with van der Waals surface area (Å²) in [7, 11) is 1.82. The van der Waals surface area contributed by atoms with Gasteiger partial charge in [0.2, 0.25) is 0 Å². The first-order valence-corrected chi connectivity index (χ1v) is 8.17. The zero-order valence-corrected chi connectivity index (χ0v) is 14.6. The molecule has 0 spiro atoms. The van der Waals surface area contributed by atoms with Crippen LogP contribution < -0.4 is 0 Å². The SMILES string of the molecule is Cc1cc(C(=O)N(C)C(C)c2ccc(Cl)cc2)sc1Br. The number of amides is 1. The van der Waals surface area contributed by atoms with Crippen molar-refractivity contribution >= 4 is 44.8 Å². The Morgan fingerprint density at radius 1 is 1.35 bits per heavy atom. The Kier molecular flexibility index (Phi) is 4.89. The summed E-state index contributed by atoms with van der Waals surface area (Å²) >= 11 is 10.8. The van der Waals surface area contributed by atoms with Gasteiger partial charge in [0.1, 0.15) is 0 Å². The van der Waals surface area contributed by atoms with E-state index in [0.717, 1.165) is 19.8 Å². The largest absolute Gasteiger partial charge is 0.334 e. The average molecular weight is 373 g/mol. The van der Waals surface area contributed by atoms with Gasteiger partial charge in [0, 0.05) is 12.1 Å². The van der Waals surface area contributed by atoms with Crippen LogP contribution in [0.3, 0.4) is 0 Å². The minimum Gasteiger partial charge on any atom is -0.334 e. The molecule has 0 bridgehead atoms. The molecule has 1 atom stereocenters. The van der Waals surface area contributed by atoms with Crippen molar-refractivity contribution in [3.8, 4) is 0 Å². The van der Waals surface area contributed by atoms with E-state index >= 15 is 0 Å². The number of aryl methyl sites for hydroxylation is 1. The highest BCUT2D eigenvalue weighted by atomic mass is 79.9. The first-order valence-electron chi connectivity index (χ1n) is 6.18. The maximum Gasteiger partial charge on any atom is 0.264 e. The normalized spacial score (nSPS) is 12.2. The molecule has 0 radical (unpaired) electrons. The zero-order chi connectivity index (χ0) is 14.9. The molecular weight excluding hydrogens is 358 g/mol. The standard InChI is InChI=1S/C15H15BrClNOS/c1-9-8-13(20-14(9)16)15(19)18(3)10(2)11-4-6-12(17)7-5-11/h4-8,10H,1-3H3. The van der Waals surface area contributed by atoms with Crippen LogP contribution in [0, 0.1) is 6.92 Å². The van der Waals surface area contributed by atoms with Crippen molar-refractivity contribution < 1.29 is 4.79 Å². The summed E-state index contributed by atoms with van der Waals surface area (Å²) in [5.74, 6) is 0.0336. The summed E-state index contributed by atoms with van der Waals surface area (Å²) in [5.41, 5.74) is 2.16. The lowest BCUT2D eigenvalue weighted by molar-refractivity contribution is 0.0747. The number of carbonyl (C=O) groups is 1. The molecule has 1 amide bonds. The van der Waals surface area contributed by atoms with Crippen LogP contribution in [-0.4, -0.2) is 17.9 Å². The Morgan fingerprint density at radius 2 is 1.95 bits per heavy atom. The quantitative estimate of drug-likeness (QED) is 0.715. The van der Waals surface area contributed by atoms with Gasteiger partial charge in [-0.15, -0.1) is 11.3 Å². The van der Waals surface area contributed by atoms with Crippen LogP contribution in [0.15, 0.2) is 34.1 Å². The van der Waals surface area contributed by atoms with Crippen LogP contribution in [0.2, 0.25) is 5.02 Å². The molecule has 0 saturated carbocycles. The molecule has 20 heavy (non-hydrogen) atoms. The maximum atomic E-state index is 12.5. The molecule has 5 heteroatoms. The summed E-state index contributed by atoms with van der Waals surface area (Å²) in [5, 5.41) is 0.702. The van der Waals surface area contributed by atoms with Gasteiger partial charge < -0.3 is 4.90 Å². The zero-order valence-electron chi connectivity index (χ0n) is 11.5. The van der Waals surface area contributed by atoms with Gasteiger partial charge in [0.25, 0.3) is 5.91 Å². The molecule has 0 saturated heterocycles. The van der Waals surface area contributed by atoms with E-state index in [0.29, 0.717) is 5.02 Å². The summed E-state index contributed by atoms with van der Waals surface area (Å²) in [6, 6.07) is 9.51. The molecule has 0 N–H and O–H groups in total. The van der Waals surface area contributed by atoms with Crippen molar-refractivity contribution in [1.29, 1.82) is 0 Å². The van der Waals surface area contributed by atoms with Crippen LogP contribution in [0.5, 0.6) is 0 Å². The van der Waals surface area contributed by atoms with E-state index in [1.807, 2.05) is 51.2 Å². The molecule has 2 rings (SSSR count). The molecule has 106 valence electrons. The Labute approximate surface area is 136 Å². The van der Waals surface area contributed by atoms with Gasteiger partial charge in [-0.05, 0) is 59.1 Å². The van der Waals surface area contributed by atoms with Gasteiger partial charge in [0.05, 0.1) is 14.7 Å². The van der Waals surface area contributed by atoms with Gasteiger partial charge in [-0.25, -0.2) is 0 Å². The Bertz CT molecular complexity index is 604. The number of carbonyl (C=O) groups excluding carboxylic acids is 1. The summed E-state index contributed by atoms with van der Waals surface area (Å²) in [6.07, 6.45) is 0. The monoisotopic (exact) mass is 371 g/mol. The second kappa shape index (κ2) is 6.29. The molecule has 0 aliphatic carbocycles. The highest BCUT2D eigenvalue weighted by Crippen LogP contribution is 2.30. The second-order valence-electron chi connectivity index (χ2n) is 4.71. The number of hydrogen-bond donors (Lipinski definition) is 0. The molecule has 1 aromatic carbocycles. The minimum absolute atomic E-state index is 0.000878. The number of halogens is 2. The highest BCUT2D eigenvalue weighted by molar-refractivity contribution is 9.11. The van der Waals surface area contributed by atoms with E-state index in [1.54, 1.807) is 4.90 Å². The van der Waals surface area contributed by atoms with Gasteiger partial charge in [-0.2, -0.15) is 0 Å². The Morgan fingerprint density at radius 3 is 2.45 bits per heavy atom. The molecule has 0 aliphatic rings. The number of rotatable bonds is 3. The summed E-state index contributed by atoms with van der Waals surface area (Å²) < 4.78 is 1.01. The topological polar surface area (TPSA) is 20.3 Å². The van der Waals surface area contributed by atoms with Crippen molar-refractivity contribution in [2.24, 2.45) is 0 Å². The lowest BCUT2D eigenvalue weighted by Gasteiger charge is -2.25. The van der Waals surface area contributed by atoms with Crippen LogP contribution >= 0.6 is 38.9 Å². The lowest BCUT2D eigenvalue weighted by atomic mass is 10.1. The van der Waals surface area contributed by atoms with Crippen LogP contribution in [0.1, 0.15) is 33.8 Å². The van der Waals surface area contributed by atoms with Crippen molar-refractivity contribution in [3.05, 3.63) is 55.1 Å². The fourth-order valence-corrected chi connectivity index (χ4v) is 3.52. The van der Waals surface area contributed by atoms with Gasteiger partial charge in [-0.3, -0.25) is 4.79 Å². The number of benzene rings is 1. The first-order chi connectivity index (χ1) is 9.40. The van der Waals surface area contributed by atoms with E-state index in [1.165, 1.54) is 11.3 Å². The molecule has 1 heterocycles. The van der Waals surface area contributed by atoms with E-state index in [4.69, 9.17) is 11.6 Å². The summed E-state index contributed by atoms with van der Waals surface area (Å²) in [4.78, 5) is 15.0. The third-order valence-corrected chi connectivity index (χ3v) is 5.70.